The van der Waals surface area contributed by atoms with Gasteiger partial charge in [-0.3, -0.25) is 0 Å². The van der Waals surface area contributed by atoms with E-state index in [1.165, 1.54) is 6.26 Å². The van der Waals surface area contributed by atoms with Crippen LogP contribution in [0.5, 0.6) is 0 Å². The number of rotatable bonds is 7. The lowest BCUT2D eigenvalue weighted by molar-refractivity contribution is 0.103. The molecule has 16 heavy (non-hydrogen) atoms. The van der Waals surface area contributed by atoms with Gasteiger partial charge in [-0.1, -0.05) is 13.8 Å². The molecule has 0 aliphatic carbocycles. The highest BCUT2D eigenvalue weighted by Gasteiger charge is 2.25. The van der Waals surface area contributed by atoms with Gasteiger partial charge in [0.1, 0.15) is 11.9 Å². The standard InChI is InChI=1S/C12H21NO3/c1-3-12(4-2,9-14)13-8-10(15)11-6-5-7-16-11/h5-7,10,13-15H,3-4,8-9H2,1-2H3. The highest BCUT2D eigenvalue weighted by molar-refractivity contribution is 5.02. The van der Waals surface area contributed by atoms with Crippen molar-refractivity contribution in [2.75, 3.05) is 13.2 Å². The fourth-order valence-corrected chi connectivity index (χ4v) is 1.67. The van der Waals surface area contributed by atoms with Gasteiger partial charge in [0, 0.05) is 12.1 Å². The summed E-state index contributed by atoms with van der Waals surface area (Å²) < 4.78 is 5.11. The summed E-state index contributed by atoms with van der Waals surface area (Å²) in [5, 5.41) is 22.4. The Balaban J connectivity index is 2.49. The molecule has 0 radical (unpaired) electrons. The van der Waals surface area contributed by atoms with Crippen molar-refractivity contribution in [1.29, 1.82) is 0 Å². The monoisotopic (exact) mass is 227 g/mol. The van der Waals surface area contributed by atoms with E-state index in [-0.39, 0.29) is 12.1 Å². The Morgan fingerprint density at radius 1 is 1.44 bits per heavy atom. The lowest BCUT2D eigenvalue weighted by atomic mass is 9.93. The van der Waals surface area contributed by atoms with Gasteiger partial charge in [-0.05, 0) is 25.0 Å². The molecule has 1 unspecified atom stereocenters. The van der Waals surface area contributed by atoms with E-state index < -0.39 is 6.10 Å². The molecular formula is C12H21NO3. The Kier molecular flexibility index (Phi) is 4.99. The Hall–Kier alpha value is -0.840. The molecule has 0 spiro atoms. The van der Waals surface area contributed by atoms with Gasteiger partial charge in [0.2, 0.25) is 0 Å². The molecule has 0 saturated heterocycles. The SMILES string of the molecule is CCC(CC)(CO)NCC(O)c1ccco1. The molecule has 0 amide bonds. The fourth-order valence-electron chi connectivity index (χ4n) is 1.67. The molecule has 0 bridgehead atoms. The van der Waals surface area contributed by atoms with E-state index in [4.69, 9.17) is 4.42 Å². The first-order valence-electron chi connectivity index (χ1n) is 5.74. The molecule has 4 heteroatoms. The minimum atomic E-state index is -0.668. The van der Waals surface area contributed by atoms with Crippen LogP contribution in [0.15, 0.2) is 22.8 Å². The second kappa shape index (κ2) is 6.03. The molecule has 0 aromatic carbocycles. The topological polar surface area (TPSA) is 65.6 Å². The number of furan rings is 1. The molecule has 1 heterocycles. The number of hydrogen-bond donors (Lipinski definition) is 3. The van der Waals surface area contributed by atoms with E-state index in [1.807, 2.05) is 13.8 Å². The second-order valence-electron chi connectivity index (χ2n) is 4.06. The van der Waals surface area contributed by atoms with Crippen molar-refractivity contribution in [3.05, 3.63) is 24.2 Å². The average molecular weight is 227 g/mol. The van der Waals surface area contributed by atoms with Crippen molar-refractivity contribution in [3.8, 4) is 0 Å². The van der Waals surface area contributed by atoms with E-state index in [1.54, 1.807) is 12.1 Å². The number of β-amino-alcohol motifs (C(OH)–C–C–N with tert-alkyl or cyclic N) is 1. The summed E-state index contributed by atoms with van der Waals surface area (Å²) in [5.41, 5.74) is -0.298. The van der Waals surface area contributed by atoms with Gasteiger partial charge >= 0.3 is 0 Å². The maximum Gasteiger partial charge on any atom is 0.133 e. The predicted molar refractivity (Wildman–Crippen MR) is 62.1 cm³/mol. The zero-order valence-corrected chi connectivity index (χ0v) is 9.94. The fraction of sp³-hybridized carbons (Fsp3) is 0.667. The second-order valence-corrected chi connectivity index (χ2v) is 4.06. The van der Waals surface area contributed by atoms with Crippen LogP contribution in [0, 0.1) is 0 Å². The van der Waals surface area contributed by atoms with Gasteiger partial charge in [0.15, 0.2) is 0 Å². The molecule has 1 aromatic rings. The quantitative estimate of drug-likeness (QED) is 0.659. The van der Waals surface area contributed by atoms with E-state index in [0.29, 0.717) is 12.3 Å². The van der Waals surface area contributed by atoms with Gasteiger partial charge < -0.3 is 19.9 Å². The summed E-state index contributed by atoms with van der Waals surface area (Å²) in [6, 6.07) is 3.49. The lowest BCUT2D eigenvalue weighted by Crippen LogP contribution is -2.49. The molecule has 0 aliphatic rings. The van der Waals surface area contributed by atoms with Gasteiger partial charge in [-0.25, -0.2) is 0 Å². The maximum absolute atomic E-state index is 9.82. The Bertz CT molecular complexity index is 272. The molecule has 0 saturated carbocycles. The molecule has 4 nitrogen and oxygen atoms in total. The summed E-state index contributed by atoms with van der Waals surface area (Å²) in [6.07, 6.45) is 2.52. The van der Waals surface area contributed by atoms with Crippen molar-refractivity contribution in [2.24, 2.45) is 0 Å². The van der Waals surface area contributed by atoms with E-state index in [0.717, 1.165) is 12.8 Å². The molecule has 1 atom stereocenters. The molecule has 92 valence electrons. The van der Waals surface area contributed by atoms with Gasteiger partial charge in [-0.2, -0.15) is 0 Å². The molecular weight excluding hydrogens is 206 g/mol. The normalized spacial score (nSPS) is 14.0. The molecule has 0 fully saturated rings. The molecule has 0 aliphatic heterocycles. The highest BCUT2D eigenvalue weighted by atomic mass is 16.4. The van der Waals surface area contributed by atoms with Gasteiger partial charge in [-0.15, -0.1) is 0 Å². The zero-order chi connectivity index (χ0) is 12.0. The summed E-state index contributed by atoms with van der Waals surface area (Å²) >= 11 is 0. The van der Waals surface area contributed by atoms with Crippen molar-refractivity contribution < 1.29 is 14.6 Å². The third kappa shape index (κ3) is 3.07. The van der Waals surface area contributed by atoms with Crippen molar-refractivity contribution >= 4 is 0 Å². The minimum Gasteiger partial charge on any atom is -0.467 e. The van der Waals surface area contributed by atoms with Crippen LogP contribution in [0.1, 0.15) is 38.6 Å². The molecule has 1 rings (SSSR count). The summed E-state index contributed by atoms with van der Waals surface area (Å²) in [5.74, 6) is 0.548. The summed E-state index contributed by atoms with van der Waals surface area (Å²) in [6.45, 7) is 4.50. The first kappa shape index (κ1) is 13.2. The number of nitrogens with one attached hydrogen (secondary N) is 1. The Labute approximate surface area is 96.3 Å². The van der Waals surface area contributed by atoms with Crippen molar-refractivity contribution in [1.82, 2.24) is 5.32 Å². The number of hydrogen-bond acceptors (Lipinski definition) is 4. The number of aliphatic hydroxyl groups is 2. The van der Waals surface area contributed by atoms with E-state index >= 15 is 0 Å². The third-order valence-corrected chi connectivity index (χ3v) is 3.20. The van der Waals surface area contributed by atoms with Crippen molar-refractivity contribution in [3.63, 3.8) is 0 Å². The lowest BCUT2D eigenvalue weighted by Gasteiger charge is -2.31. The van der Waals surface area contributed by atoms with Gasteiger partial charge in [0.05, 0.1) is 12.9 Å². The number of aliphatic hydroxyl groups excluding tert-OH is 2. The van der Waals surface area contributed by atoms with Crippen LogP contribution in [0.4, 0.5) is 0 Å². The van der Waals surface area contributed by atoms with Crippen LogP contribution in [0.25, 0.3) is 0 Å². The Morgan fingerprint density at radius 3 is 2.56 bits per heavy atom. The Morgan fingerprint density at radius 2 is 2.12 bits per heavy atom. The van der Waals surface area contributed by atoms with Crippen LogP contribution in [-0.4, -0.2) is 28.9 Å². The molecule has 3 N–H and O–H groups in total. The summed E-state index contributed by atoms with van der Waals surface area (Å²) in [4.78, 5) is 0. The largest absolute Gasteiger partial charge is 0.467 e. The van der Waals surface area contributed by atoms with Crippen LogP contribution in [-0.2, 0) is 0 Å². The first-order chi connectivity index (χ1) is 7.67. The van der Waals surface area contributed by atoms with Crippen LogP contribution >= 0.6 is 0 Å². The summed E-state index contributed by atoms with van der Waals surface area (Å²) in [7, 11) is 0. The predicted octanol–water partition coefficient (Wildman–Crippen LogP) is 1.45. The highest BCUT2D eigenvalue weighted by Crippen LogP contribution is 2.17. The average Bonchev–Trinajstić information content (AvgIpc) is 2.85. The minimum absolute atomic E-state index is 0.0743. The molecule has 1 aromatic heterocycles. The van der Waals surface area contributed by atoms with Gasteiger partial charge in [0.25, 0.3) is 0 Å². The van der Waals surface area contributed by atoms with Crippen molar-refractivity contribution in [2.45, 2.75) is 38.3 Å². The van der Waals surface area contributed by atoms with Crippen LogP contribution < -0.4 is 5.32 Å². The smallest absolute Gasteiger partial charge is 0.133 e. The maximum atomic E-state index is 9.82. The zero-order valence-electron chi connectivity index (χ0n) is 9.94. The van der Waals surface area contributed by atoms with Crippen LogP contribution in [0.3, 0.4) is 0 Å². The van der Waals surface area contributed by atoms with E-state index in [9.17, 15) is 10.2 Å². The van der Waals surface area contributed by atoms with Crippen LogP contribution in [0.2, 0.25) is 0 Å². The first-order valence-corrected chi connectivity index (χ1v) is 5.74. The van der Waals surface area contributed by atoms with E-state index in [2.05, 4.69) is 5.32 Å². The third-order valence-electron chi connectivity index (χ3n) is 3.20.